The summed E-state index contributed by atoms with van der Waals surface area (Å²) in [5.41, 5.74) is 0.952. The molecule has 5 nitrogen and oxygen atoms in total. The van der Waals surface area contributed by atoms with Crippen LogP contribution in [0.1, 0.15) is 11.5 Å². The van der Waals surface area contributed by atoms with E-state index in [1.165, 1.54) is 0 Å². The van der Waals surface area contributed by atoms with E-state index in [-0.39, 0.29) is 0 Å². The molecule has 0 aliphatic heterocycles. The minimum absolute atomic E-state index is 0.854. The summed E-state index contributed by atoms with van der Waals surface area (Å²) in [4.78, 5) is 4.14. The van der Waals surface area contributed by atoms with Crippen LogP contribution in [0.4, 0.5) is 0 Å². The molecule has 0 N–H and O–H groups in total. The lowest BCUT2D eigenvalue weighted by atomic mass is 10.3. The number of rotatable bonds is 3. The zero-order chi connectivity index (χ0) is 9.80. The Morgan fingerprint density at radius 2 is 2.29 bits per heavy atom. The number of imidazole rings is 1. The predicted octanol–water partition coefficient (Wildman–Crippen LogP) is 0.619. The van der Waals surface area contributed by atoms with Gasteiger partial charge in [0.05, 0.1) is 11.9 Å². The largest absolute Gasteiger partial charge is 0.335 e. The minimum Gasteiger partial charge on any atom is -0.335 e. The van der Waals surface area contributed by atoms with Gasteiger partial charge in [0, 0.05) is 25.4 Å². The summed E-state index contributed by atoms with van der Waals surface area (Å²) in [7, 11) is 0. The quantitative estimate of drug-likeness (QED) is 0.710. The van der Waals surface area contributed by atoms with Crippen LogP contribution in [0.5, 0.6) is 0 Å². The smallest absolute Gasteiger partial charge is 0.105 e. The molecule has 2 aromatic heterocycles. The molecule has 0 saturated carbocycles. The van der Waals surface area contributed by atoms with Crippen LogP contribution in [-0.2, 0) is 13.0 Å². The van der Waals surface area contributed by atoms with Gasteiger partial charge in [0.25, 0.3) is 0 Å². The van der Waals surface area contributed by atoms with Gasteiger partial charge in [0.1, 0.15) is 5.82 Å². The number of nitrogens with zero attached hydrogens (tertiary/aromatic N) is 5. The molecule has 0 bridgehead atoms. The fourth-order valence-corrected chi connectivity index (χ4v) is 1.27. The van der Waals surface area contributed by atoms with Crippen LogP contribution in [0.3, 0.4) is 0 Å². The number of hydrogen-bond donors (Lipinski definition) is 0. The first-order valence-corrected chi connectivity index (χ1v) is 4.47. The van der Waals surface area contributed by atoms with Gasteiger partial charge in [-0.15, -0.1) is 10.2 Å². The Morgan fingerprint density at radius 1 is 1.36 bits per heavy atom. The molecule has 2 rings (SSSR count). The van der Waals surface area contributed by atoms with Crippen LogP contribution in [0, 0.1) is 6.92 Å². The fraction of sp³-hybridized carbons (Fsp3) is 0.333. The van der Waals surface area contributed by atoms with Crippen molar-refractivity contribution in [2.75, 3.05) is 0 Å². The molecule has 14 heavy (non-hydrogen) atoms. The third-order valence-electron chi connectivity index (χ3n) is 2.09. The molecule has 0 unspecified atom stereocenters. The number of aromatic nitrogens is 5. The van der Waals surface area contributed by atoms with E-state index in [4.69, 9.17) is 0 Å². The normalized spacial score (nSPS) is 10.4. The molecule has 0 radical (unpaired) electrons. The average molecular weight is 189 g/mol. The van der Waals surface area contributed by atoms with Crippen LogP contribution >= 0.6 is 0 Å². The maximum atomic E-state index is 4.14. The van der Waals surface area contributed by atoms with Gasteiger partial charge in [0.2, 0.25) is 0 Å². The monoisotopic (exact) mass is 189 g/mol. The molecule has 5 heteroatoms. The molecule has 0 aromatic carbocycles. The summed E-state index contributed by atoms with van der Waals surface area (Å²) < 4.78 is 2.09. The van der Waals surface area contributed by atoms with Crippen LogP contribution < -0.4 is 0 Å². The molecule has 0 atom stereocenters. The maximum absolute atomic E-state index is 4.14. The summed E-state index contributed by atoms with van der Waals surface area (Å²) in [6.45, 7) is 2.86. The van der Waals surface area contributed by atoms with Gasteiger partial charge in [-0.05, 0) is 18.2 Å². The van der Waals surface area contributed by atoms with Crippen LogP contribution in [-0.4, -0.2) is 25.0 Å². The highest BCUT2D eigenvalue weighted by atomic mass is 15.3. The maximum Gasteiger partial charge on any atom is 0.105 e. The first-order chi connectivity index (χ1) is 6.86. The molecular weight excluding hydrogens is 178 g/mol. The second-order valence-electron chi connectivity index (χ2n) is 3.03. The molecule has 0 saturated heterocycles. The van der Waals surface area contributed by atoms with Gasteiger partial charge in [-0.3, -0.25) is 0 Å². The van der Waals surface area contributed by atoms with E-state index >= 15 is 0 Å². The Bertz CT molecular complexity index is 395. The lowest BCUT2D eigenvalue weighted by Crippen LogP contribution is -2.04. The van der Waals surface area contributed by atoms with E-state index in [9.17, 15) is 0 Å². The van der Waals surface area contributed by atoms with E-state index in [0.29, 0.717) is 0 Å². The zero-order valence-corrected chi connectivity index (χ0v) is 7.96. The summed E-state index contributed by atoms with van der Waals surface area (Å²) in [6.07, 6.45) is 6.27. The van der Waals surface area contributed by atoms with E-state index in [0.717, 1.165) is 24.5 Å². The molecule has 0 fully saturated rings. The molecular formula is C9H11N5. The molecule has 0 aliphatic carbocycles. The lowest BCUT2D eigenvalue weighted by molar-refractivity contribution is 0.650. The molecule has 0 amide bonds. The molecule has 0 spiro atoms. The summed E-state index contributed by atoms with van der Waals surface area (Å²) >= 11 is 0. The van der Waals surface area contributed by atoms with Crippen LogP contribution in [0.15, 0.2) is 24.7 Å². The van der Waals surface area contributed by atoms with Crippen LogP contribution in [0.25, 0.3) is 0 Å². The highest BCUT2D eigenvalue weighted by molar-refractivity contribution is 4.97. The minimum atomic E-state index is 0.854. The molecule has 2 heterocycles. The highest BCUT2D eigenvalue weighted by Crippen LogP contribution is 1.99. The van der Waals surface area contributed by atoms with Gasteiger partial charge in [-0.25, -0.2) is 4.98 Å². The predicted molar refractivity (Wildman–Crippen MR) is 50.5 cm³/mol. The number of aryl methyl sites for hydroxylation is 3. The third-order valence-corrected chi connectivity index (χ3v) is 2.09. The van der Waals surface area contributed by atoms with Gasteiger partial charge < -0.3 is 4.57 Å². The Balaban J connectivity index is 1.99. The van der Waals surface area contributed by atoms with Crippen molar-refractivity contribution in [2.45, 2.75) is 19.9 Å². The lowest BCUT2D eigenvalue weighted by Gasteiger charge is -2.02. The highest BCUT2D eigenvalue weighted by Gasteiger charge is 1.98. The molecule has 2 aromatic rings. The summed E-state index contributed by atoms with van der Waals surface area (Å²) in [5, 5.41) is 11.1. The first-order valence-electron chi connectivity index (χ1n) is 4.47. The average Bonchev–Trinajstić information content (AvgIpc) is 2.63. The van der Waals surface area contributed by atoms with Gasteiger partial charge >= 0.3 is 0 Å². The third kappa shape index (κ3) is 1.93. The van der Waals surface area contributed by atoms with Crippen molar-refractivity contribution < 1.29 is 0 Å². The number of hydrogen-bond acceptors (Lipinski definition) is 4. The Hall–Kier alpha value is -1.78. The van der Waals surface area contributed by atoms with Crippen molar-refractivity contribution in [2.24, 2.45) is 0 Å². The summed E-state index contributed by atoms with van der Waals surface area (Å²) in [6, 6.07) is 1.87. The second-order valence-corrected chi connectivity index (χ2v) is 3.03. The van der Waals surface area contributed by atoms with Crippen molar-refractivity contribution in [3.05, 3.63) is 36.2 Å². The second kappa shape index (κ2) is 3.95. The Labute approximate surface area is 81.8 Å². The van der Waals surface area contributed by atoms with Crippen molar-refractivity contribution in [3.8, 4) is 0 Å². The van der Waals surface area contributed by atoms with Gasteiger partial charge in [0.15, 0.2) is 0 Å². The standard InChI is InChI=1S/C9H11N5/c1-8-10-5-7-14(8)6-3-9-2-4-11-13-12-9/h2,4-5,7H,3,6H2,1H3. The summed E-state index contributed by atoms with van der Waals surface area (Å²) in [5.74, 6) is 1.02. The topological polar surface area (TPSA) is 56.5 Å². The van der Waals surface area contributed by atoms with Gasteiger partial charge in [-0.1, -0.05) is 0 Å². The van der Waals surface area contributed by atoms with Crippen LogP contribution in [0.2, 0.25) is 0 Å². The first kappa shape index (κ1) is 8.80. The van der Waals surface area contributed by atoms with Crippen molar-refractivity contribution in [1.82, 2.24) is 25.0 Å². The zero-order valence-electron chi connectivity index (χ0n) is 7.96. The fourth-order valence-electron chi connectivity index (χ4n) is 1.27. The van der Waals surface area contributed by atoms with E-state index < -0.39 is 0 Å². The van der Waals surface area contributed by atoms with Crippen molar-refractivity contribution in [1.29, 1.82) is 0 Å². The molecule has 0 aliphatic rings. The van der Waals surface area contributed by atoms with E-state index in [2.05, 4.69) is 25.0 Å². The van der Waals surface area contributed by atoms with E-state index in [1.54, 1.807) is 12.4 Å². The SMILES string of the molecule is Cc1nccn1CCc1ccnnn1. The molecule has 72 valence electrons. The van der Waals surface area contributed by atoms with Crippen molar-refractivity contribution in [3.63, 3.8) is 0 Å². The Morgan fingerprint density at radius 3 is 2.93 bits per heavy atom. The Kier molecular flexibility index (Phi) is 2.48. The van der Waals surface area contributed by atoms with Gasteiger partial charge in [-0.2, -0.15) is 0 Å². The van der Waals surface area contributed by atoms with E-state index in [1.807, 2.05) is 19.2 Å². The van der Waals surface area contributed by atoms with Crippen molar-refractivity contribution >= 4 is 0 Å².